The van der Waals surface area contributed by atoms with Crippen LogP contribution in [0.4, 0.5) is 5.13 Å². The minimum atomic E-state index is -1.11. The van der Waals surface area contributed by atoms with Gasteiger partial charge in [-0.3, -0.25) is 19.5 Å². The van der Waals surface area contributed by atoms with E-state index < -0.39 is 29.5 Å². The van der Waals surface area contributed by atoms with Gasteiger partial charge in [-0.25, -0.2) is 9.78 Å². The van der Waals surface area contributed by atoms with E-state index in [9.17, 15) is 24.6 Å². The minimum absolute atomic E-state index is 0.0299. The van der Waals surface area contributed by atoms with Crippen molar-refractivity contribution < 1.29 is 29.3 Å². The van der Waals surface area contributed by atoms with Crippen molar-refractivity contribution >= 4 is 73.3 Å². The molecule has 12 heteroatoms. The number of aliphatic hydroxyl groups excluding tert-OH is 1. The second-order valence-corrected chi connectivity index (χ2v) is 9.76. The molecule has 1 amide bonds. The van der Waals surface area contributed by atoms with E-state index in [-0.39, 0.29) is 37.6 Å². The molecule has 3 heterocycles. The number of aromatic nitrogens is 2. The zero-order valence-electron chi connectivity index (χ0n) is 18.8. The summed E-state index contributed by atoms with van der Waals surface area (Å²) in [6.07, 6.45) is 3.00. The zero-order chi connectivity index (χ0) is 26.4. The van der Waals surface area contributed by atoms with Crippen LogP contribution in [0.2, 0.25) is 10.0 Å². The van der Waals surface area contributed by atoms with Gasteiger partial charge in [0.1, 0.15) is 11.5 Å². The van der Waals surface area contributed by atoms with Crippen LogP contribution in [0.3, 0.4) is 0 Å². The number of carbonyl (C=O) groups is 3. The molecule has 1 unspecified atom stereocenters. The van der Waals surface area contributed by atoms with Crippen molar-refractivity contribution in [2.45, 2.75) is 6.04 Å². The van der Waals surface area contributed by atoms with Crippen LogP contribution in [-0.4, -0.2) is 45.0 Å². The number of aliphatic hydroxyl groups is 1. The number of hydrogen-bond acceptors (Lipinski definition) is 8. The van der Waals surface area contributed by atoms with Gasteiger partial charge in [-0.05, 0) is 42.0 Å². The molecule has 0 saturated carbocycles. The van der Waals surface area contributed by atoms with Gasteiger partial charge >= 0.3 is 11.9 Å². The first-order valence-corrected chi connectivity index (χ1v) is 12.2. The summed E-state index contributed by atoms with van der Waals surface area (Å²) in [5.74, 6) is -3.47. The highest BCUT2D eigenvalue weighted by atomic mass is 35.5. The number of carboxylic acid groups (broad SMARTS) is 1. The molecule has 1 aliphatic heterocycles. The highest BCUT2D eigenvalue weighted by molar-refractivity contribution is 7.22. The third-order valence-electron chi connectivity index (χ3n) is 5.74. The van der Waals surface area contributed by atoms with Crippen LogP contribution < -0.4 is 9.64 Å². The van der Waals surface area contributed by atoms with Crippen molar-refractivity contribution in [3.8, 4) is 5.75 Å². The molecule has 0 aliphatic carbocycles. The molecule has 1 atom stereocenters. The van der Waals surface area contributed by atoms with Gasteiger partial charge in [0.2, 0.25) is 0 Å². The largest absolute Gasteiger partial charge is 0.507 e. The van der Waals surface area contributed by atoms with E-state index in [1.807, 2.05) is 0 Å². The highest BCUT2D eigenvalue weighted by Gasteiger charge is 2.48. The molecule has 4 aromatic rings. The topological polar surface area (TPSA) is 130 Å². The number of ketones is 1. The fourth-order valence-electron chi connectivity index (χ4n) is 4.12. The number of nitrogens with zero attached hydrogens (tertiary/aromatic N) is 3. The Hall–Kier alpha value is -3.99. The molecule has 5 rings (SSSR count). The van der Waals surface area contributed by atoms with E-state index in [0.29, 0.717) is 15.8 Å². The van der Waals surface area contributed by atoms with Crippen LogP contribution in [-0.2, 0) is 9.59 Å². The maximum absolute atomic E-state index is 13.4. The standard InChI is InChI=1S/C25H15Cl2N3O6S/c1-36-22-14(8-13(26)9-15(22)27)20(31)18-19(12-3-2-6-28-10-12)30(23(33)21(18)32)25-29-16-5-4-11(24(34)35)7-17(16)37-25/h2-10,19,31H,1H3,(H,34,35)/b20-18+. The maximum atomic E-state index is 13.4. The number of carboxylic acids is 1. The molecular formula is C25H15Cl2N3O6S. The maximum Gasteiger partial charge on any atom is 0.335 e. The predicted octanol–water partition coefficient (Wildman–Crippen LogP) is 5.33. The Morgan fingerprint density at radius 3 is 2.59 bits per heavy atom. The zero-order valence-corrected chi connectivity index (χ0v) is 21.1. The van der Waals surface area contributed by atoms with E-state index in [1.165, 1.54) is 49.8 Å². The first-order chi connectivity index (χ1) is 17.7. The molecule has 9 nitrogen and oxygen atoms in total. The Balaban J connectivity index is 1.75. The minimum Gasteiger partial charge on any atom is -0.507 e. The number of hydrogen-bond donors (Lipinski definition) is 2. The summed E-state index contributed by atoms with van der Waals surface area (Å²) in [6, 6.07) is 9.33. The van der Waals surface area contributed by atoms with Gasteiger partial charge in [0, 0.05) is 17.4 Å². The number of fused-ring (bicyclic) bond motifs is 1. The lowest BCUT2D eigenvalue weighted by atomic mass is 9.96. The molecule has 2 N–H and O–H groups in total. The average molecular weight is 556 g/mol. The van der Waals surface area contributed by atoms with Crippen molar-refractivity contribution in [2.75, 3.05) is 12.0 Å². The Morgan fingerprint density at radius 2 is 1.92 bits per heavy atom. The van der Waals surface area contributed by atoms with Crippen LogP contribution >= 0.6 is 34.5 Å². The quantitative estimate of drug-likeness (QED) is 0.192. The van der Waals surface area contributed by atoms with Crippen molar-refractivity contribution in [2.24, 2.45) is 0 Å². The van der Waals surface area contributed by atoms with E-state index in [4.69, 9.17) is 27.9 Å². The van der Waals surface area contributed by atoms with Gasteiger partial charge in [0.15, 0.2) is 5.13 Å². The SMILES string of the molecule is COc1c(Cl)cc(Cl)cc1/C(O)=C1\C(=O)C(=O)N(c2nc3ccc(C(=O)O)cc3s2)C1c1cccnc1. The monoisotopic (exact) mass is 555 g/mol. The van der Waals surface area contributed by atoms with E-state index >= 15 is 0 Å². The van der Waals surface area contributed by atoms with Gasteiger partial charge in [-0.2, -0.15) is 0 Å². The number of aromatic carboxylic acids is 1. The van der Waals surface area contributed by atoms with Gasteiger partial charge in [-0.15, -0.1) is 0 Å². The number of Topliss-reactive ketones (excluding diaryl/α,β-unsaturated/α-hetero) is 1. The average Bonchev–Trinajstić information content (AvgIpc) is 3.41. The number of rotatable bonds is 5. The summed E-state index contributed by atoms with van der Waals surface area (Å²) in [4.78, 5) is 47.9. The number of thiazole rings is 1. The fourth-order valence-corrected chi connectivity index (χ4v) is 5.72. The number of benzene rings is 2. The van der Waals surface area contributed by atoms with Crippen LogP contribution in [0, 0.1) is 0 Å². The highest BCUT2D eigenvalue weighted by Crippen LogP contribution is 2.46. The van der Waals surface area contributed by atoms with Gasteiger partial charge in [-0.1, -0.05) is 40.6 Å². The van der Waals surface area contributed by atoms with Crippen LogP contribution in [0.5, 0.6) is 5.75 Å². The number of methoxy groups -OCH3 is 1. The van der Waals surface area contributed by atoms with Gasteiger partial charge < -0.3 is 14.9 Å². The van der Waals surface area contributed by atoms with Crippen molar-refractivity contribution in [3.05, 3.63) is 87.2 Å². The number of amides is 1. The third kappa shape index (κ3) is 4.18. The summed E-state index contributed by atoms with van der Waals surface area (Å²) in [7, 11) is 1.34. The molecule has 0 spiro atoms. The molecule has 0 bridgehead atoms. The number of halogens is 2. The molecule has 186 valence electrons. The molecule has 1 fully saturated rings. The summed E-state index contributed by atoms with van der Waals surface area (Å²) in [5.41, 5.74) is 0.724. The van der Waals surface area contributed by atoms with E-state index in [1.54, 1.807) is 12.1 Å². The van der Waals surface area contributed by atoms with Crippen molar-refractivity contribution in [1.29, 1.82) is 0 Å². The second kappa shape index (κ2) is 9.47. The summed E-state index contributed by atoms with van der Waals surface area (Å²) < 4.78 is 5.84. The third-order valence-corrected chi connectivity index (χ3v) is 7.26. The Bertz CT molecular complexity index is 1640. The number of ether oxygens (including phenoxy) is 1. The van der Waals surface area contributed by atoms with Crippen molar-refractivity contribution in [1.82, 2.24) is 9.97 Å². The molecular weight excluding hydrogens is 541 g/mol. The molecule has 2 aromatic carbocycles. The molecule has 1 aliphatic rings. The van der Waals surface area contributed by atoms with Crippen molar-refractivity contribution in [3.63, 3.8) is 0 Å². The normalized spacial score (nSPS) is 16.9. The lowest BCUT2D eigenvalue weighted by molar-refractivity contribution is -0.132. The molecule has 1 saturated heterocycles. The van der Waals surface area contributed by atoms with Crippen LogP contribution in [0.15, 0.2) is 60.4 Å². The number of carbonyl (C=O) groups excluding carboxylic acids is 2. The Morgan fingerprint density at radius 1 is 1.14 bits per heavy atom. The van der Waals surface area contributed by atoms with Crippen LogP contribution in [0.25, 0.3) is 16.0 Å². The Labute approximate surface area is 223 Å². The lowest BCUT2D eigenvalue weighted by Crippen LogP contribution is -2.29. The molecule has 37 heavy (non-hydrogen) atoms. The first kappa shape index (κ1) is 24.7. The summed E-state index contributed by atoms with van der Waals surface area (Å²) in [6.45, 7) is 0. The second-order valence-electron chi connectivity index (χ2n) is 7.91. The van der Waals surface area contributed by atoms with Gasteiger partial charge in [0.05, 0.1) is 45.1 Å². The Kier molecular flexibility index (Phi) is 6.32. The predicted molar refractivity (Wildman–Crippen MR) is 139 cm³/mol. The van der Waals surface area contributed by atoms with Gasteiger partial charge in [0.25, 0.3) is 5.78 Å². The molecule has 2 aromatic heterocycles. The molecule has 0 radical (unpaired) electrons. The van der Waals surface area contributed by atoms with E-state index in [0.717, 1.165) is 16.2 Å². The fraction of sp³-hybridized carbons (Fsp3) is 0.0800. The smallest absolute Gasteiger partial charge is 0.335 e. The summed E-state index contributed by atoms with van der Waals surface area (Å²) >= 11 is 13.4. The number of anilines is 1. The summed E-state index contributed by atoms with van der Waals surface area (Å²) in [5, 5.41) is 21.1. The van der Waals surface area contributed by atoms with Crippen LogP contribution in [0.1, 0.15) is 27.5 Å². The number of pyridine rings is 1. The lowest BCUT2D eigenvalue weighted by Gasteiger charge is -2.22. The first-order valence-electron chi connectivity index (χ1n) is 10.6. The van der Waals surface area contributed by atoms with E-state index in [2.05, 4.69) is 9.97 Å².